The van der Waals surface area contributed by atoms with E-state index in [-0.39, 0.29) is 5.56 Å². The van der Waals surface area contributed by atoms with Crippen LogP contribution in [-0.4, -0.2) is 28.5 Å². The summed E-state index contributed by atoms with van der Waals surface area (Å²) in [4.78, 5) is 22.5. The van der Waals surface area contributed by atoms with Crippen LogP contribution in [0.4, 0.5) is 0 Å². The van der Waals surface area contributed by atoms with E-state index in [9.17, 15) is 4.79 Å². The molecule has 0 saturated carbocycles. The first-order valence-corrected chi connectivity index (χ1v) is 10.1. The number of likely N-dealkylation sites (tertiary alicyclic amines) is 1. The number of fused-ring (bicyclic) bond motifs is 1. The Kier molecular flexibility index (Phi) is 5.64. The van der Waals surface area contributed by atoms with Gasteiger partial charge in [-0.15, -0.1) is 0 Å². The van der Waals surface area contributed by atoms with Gasteiger partial charge in [-0.25, -0.2) is 4.98 Å². The Bertz CT molecular complexity index is 1020. The molecule has 1 aliphatic heterocycles. The summed E-state index contributed by atoms with van der Waals surface area (Å²) in [6, 6.07) is 13.8. The standard InChI is InChI=1S/C22H24ClN3O2/c1-28-17-9-6-15(7-10-17)20-5-3-2-4-12-26(20)14-21-24-19-13-16(23)8-11-18(19)22(27)25-21/h6-11,13,20H,2-5,12,14H2,1H3,(H,24,25,27)/t20-/m1/s1. The molecule has 1 aromatic heterocycles. The first-order chi connectivity index (χ1) is 13.6. The average molecular weight is 398 g/mol. The number of halogens is 1. The lowest BCUT2D eigenvalue weighted by Gasteiger charge is -2.30. The monoisotopic (exact) mass is 397 g/mol. The zero-order chi connectivity index (χ0) is 19.5. The molecule has 0 spiro atoms. The van der Waals surface area contributed by atoms with Crippen molar-refractivity contribution in [2.45, 2.75) is 38.3 Å². The number of benzene rings is 2. The average Bonchev–Trinajstić information content (AvgIpc) is 2.93. The summed E-state index contributed by atoms with van der Waals surface area (Å²) in [6.07, 6.45) is 4.66. The molecule has 1 fully saturated rings. The third-order valence-corrected chi connectivity index (χ3v) is 5.67. The predicted molar refractivity (Wildman–Crippen MR) is 112 cm³/mol. The maximum atomic E-state index is 12.5. The second-order valence-corrected chi connectivity index (χ2v) is 7.72. The third kappa shape index (κ3) is 4.05. The minimum atomic E-state index is -0.118. The van der Waals surface area contributed by atoms with Gasteiger partial charge < -0.3 is 9.72 Å². The van der Waals surface area contributed by atoms with E-state index < -0.39 is 0 Å². The fourth-order valence-corrected chi connectivity index (χ4v) is 4.16. The molecule has 1 atom stereocenters. The molecule has 3 aromatic rings. The van der Waals surface area contributed by atoms with Gasteiger partial charge in [0.2, 0.25) is 0 Å². The summed E-state index contributed by atoms with van der Waals surface area (Å²) in [5, 5.41) is 1.15. The van der Waals surface area contributed by atoms with Crippen molar-refractivity contribution in [1.82, 2.24) is 14.9 Å². The Labute approximate surface area is 169 Å². The first-order valence-electron chi connectivity index (χ1n) is 9.70. The van der Waals surface area contributed by atoms with Crippen LogP contribution in [0, 0.1) is 0 Å². The molecule has 0 radical (unpaired) electrons. The van der Waals surface area contributed by atoms with Crippen LogP contribution < -0.4 is 10.3 Å². The van der Waals surface area contributed by atoms with Gasteiger partial charge in [0.1, 0.15) is 11.6 Å². The van der Waals surface area contributed by atoms with Crippen molar-refractivity contribution >= 4 is 22.5 Å². The van der Waals surface area contributed by atoms with Crippen LogP contribution in [0.25, 0.3) is 10.9 Å². The second kappa shape index (κ2) is 8.33. The molecular formula is C22H24ClN3O2. The summed E-state index contributed by atoms with van der Waals surface area (Å²) in [5.74, 6) is 1.54. The Morgan fingerprint density at radius 2 is 2.00 bits per heavy atom. The Hall–Kier alpha value is -2.37. The van der Waals surface area contributed by atoms with Gasteiger partial charge in [0.15, 0.2) is 0 Å². The van der Waals surface area contributed by atoms with Gasteiger partial charge in [0.05, 0.1) is 24.6 Å². The SMILES string of the molecule is COc1ccc([C@H]2CCCCCN2Cc2nc3cc(Cl)ccc3c(=O)[nH]2)cc1. The predicted octanol–water partition coefficient (Wildman–Crippen LogP) is 4.70. The maximum absolute atomic E-state index is 12.5. The van der Waals surface area contributed by atoms with E-state index in [1.54, 1.807) is 25.3 Å². The largest absolute Gasteiger partial charge is 0.497 e. The van der Waals surface area contributed by atoms with E-state index in [0.29, 0.717) is 34.3 Å². The molecule has 2 aromatic carbocycles. The van der Waals surface area contributed by atoms with Crippen molar-refractivity contribution in [3.63, 3.8) is 0 Å². The molecule has 0 amide bonds. The number of ether oxygens (including phenoxy) is 1. The lowest BCUT2D eigenvalue weighted by Crippen LogP contribution is -2.30. The number of methoxy groups -OCH3 is 1. The van der Waals surface area contributed by atoms with Crippen LogP contribution in [-0.2, 0) is 6.54 Å². The van der Waals surface area contributed by atoms with E-state index >= 15 is 0 Å². The number of nitrogens with zero attached hydrogens (tertiary/aromatic N) is 2. The van der Waals surface area contributed by atoms with Crippen LogP contribution in [0.2, 0.25) is 5.02 Å². The second-order valence-electron chi connectivity index (χ2n) is 7.28. The summed E-state index contributed by atoms with van der Waals surface area (Å²) in [5.41, 5.74) is 1.79. The van der Waals surface area contributed by atoms with Gasteiger partial charge in [0, 0.05) is 11.1 Å². The van der Waals surface area contributed by atoms with Crippen molar-refractivity contribution in [3.8, 4) is 5.75 Å². The molecule has 4 rings (SSSR count). The number of aromatic nitrogens is 2. The molecule has 146 valence electrons. The smallest absolute Gasteiger partial charge is 0.258 e. The quantitative estimate of drug-likeness (QED) is 0.693. The molecule has 28 heavy (non-hydrogen) atoms. The van der Waals surface area contributed by atoms with Crippen LogP contribution in [0.5, 0.6) is 5.75 Å². The molecule has 0 unspecified atom stereocenters. The molecule has 0 aliphatic carbocycles. The van der Waals surface area contributed by atoms with E-state index in [0.717, 1.165) is 25.1 Å². The van der Waals surface area contributed by atoms with E-state index in [4.69, 9.17) is 16.3 Å². The van der Waals surface area contributed by atoms with Gasteiger partial charge in [-0.2, -0.15) is 0 Å². The first kappa shape index (κ1) is 19.0. The highest BCUT2D eigenvalue weighted by atomic mass is 35.5. The molecule has 1 N–H and O–H groups in total. The van der Waals surface area contributed by atoms with Crippen LogP contribution in [0.1, 0.15) is 43.1 Å². The van der Waals surface area contributed by atoms with Gasteiger partial charge in [-0.05, 0) is 55.3 Å². The van der Waals surface area contributed by atoms with Crippen molar-refractivity contribution < 1.29 is 4.74 Å². The number of H-pyrrole nitrogens is 1. The van der Waals surface area contributed by atoms with Gasteiger partial charge in [-0.3, -0.25) is 9.69 Å². The molecule has 0 bridgehead atoms. The number of aromatic amines is 1. The number of hydrogen-bond donors (Lipinski definition) is 1. The summed E-state index contributed by atoms with van der Waals surface area (Å²) < 4.78 is 5.29. The number of hydrogen-bond acceptors (Lipinski definition) is 4. The maximum Gasteiger partial charge on any atom is 0.258 e. The Morgan fingerprint density at radius 1 is 1.18 bits per heavy atom. The molecule has 1 saturated heterocycles. The lowest BCUT2D eigenvalue weighted by atomic mass is 10.0. The highest BCUT2D eigenvalue weighted by Gasteiger charge is 2.23. The summed E-state index contributed by atoms with van der Waals surface area (Å²) in [6.45, 7) is 1.59. The zero-order valence-electron chi connectivity index (χ0n) is 16.0. The molecule has 6 heteroatoms. The van der Waals surface area contributed by atoms with Crippen molar-refractivity contribution in [2.24, 2.45) is 0 Å². The zero-order valence-corrected chi connectivity index (χ0v) is 16.7. The molecule has 2 heterocycles. The Morgan fingerprint density at radius 3 is 2.79 bits per heavy atom. The number of rotatable bonds is 4. The van der Waals surface area contributed by atoms with Crippen molar-refractivity contribution in [3.05, 3.63) is 69.2 Å². The topological polar surface area (TPSA) is 58.2 Å². The van der Waals surface area contributed by atoms with E-state index in [1.165, 1.54) is 18.4 Å². The molecular weight excluding hydrogens is 374 g/mol. The van der Waals surface area contributed by atoms with Gasteiger partial charge in [0.25, 0.3) is 5.56 Å². The highest BCUT2D eigenvalue weighted by molar-refractivity contribution is 6.31. The molecule has 5 nitrogen and oxygen atoms in total. The van der Waals surface area contributed by atoms with E-state index in [1.807, 2.05) is 12.1 Å². The number of nitrogens with one attached hydrogen (secondary N) is 1. The lowest BCUT2D eigenvalue weighted by molar-refractivity contribution is 0.187. The highest BCUT2D eigenvalue weighted by Crippen LogP contribution is 2.32. The van der Waals surface area contributed by atoms with Crippen LogP contribution in [0.15, 0.2) is 47.3 Å². The van der Waals surface area contributed by atoms with Crippen molar-refractivity contribution in [1.29, 1.82) is 0 Å². The van der Waals surface area contributed by atoms with E-state index in [2.05, 4.69) is 27.0 Å². The van der Waals surface area contributed by atoms with Crippen LogP contribution >= 0.6 is 11.6 Å². The van der Waals surface area contributed by atoms with Crippen molar-refractivity contribution in [2.75, 3.05) is 13.7 Å². The molecule has 1 aliphatic rings. The Balaban J connectivity index is 1.65. The minimum absolute atomic E-state index is 0.118. The third-order valence-electron chi connectivity index (χ3n) is 5.43. The fourth-order valence-electron chi connectivity index (χ4n) is 3.99. The summed E-state index contributed by atoms with van der Waals surface area (Å²) in [7, 11) is 1.68. The van der Waals surface area contributed by atoms with Gasteiger partial charge >= 0.3 is 0 Å². The normalized spacial score (nSPS) is 18.1. The van der Waals surface area contributed by atoms with Crippen LogP contribution in [0.3, 0.4) is 0 Å². The fraction of sp³-hybridized carbons (Fsp3) is 0.364. The van der Waals surface area contributed by atoms with Gasteiger partial charge in [-0.1, -0.05) is 36.6 Å². The minimum Gasteiger partial charge on any atom is -0.497 e. The summed E-state index contributed by atoms with van der Waals surface area (Å²) >= 11 is 6.09.